The van der Waals surface area contributed by atoms with E-state index >= 15 is 0 Å². The third-order valence-corrected chi connectivity index (χ3v) is 4.06. The van der Waals surface area contributed by atoms with Crippen molar-refractivity contribution in [3.8, 4) is 0 Å². The summed E-state index contributed by atoms with van der Waals surface area (Å²) in [6.45, 7) is 12.2. The van der Waals surface area contributed by atoms with Gasteiger partial charge in [0.15, 0.2) is 0 Å². The van der Waals surface area contributed by atoms with Gasteiger partial charge in [-0.05, 0) is 22.7 Å². The maximum absolute atomic E-state index is 5.07. The summed E-state index contributed by atoms with van der Waals surface area (Å²) in [5.41, 5.74) is 0.899. The highest BCUT2D eigenvalue weighted by Crippen LogP contribution is 2.71. The van der Waals surface area contributed by atoms with Crippen LogP contribution < -0.4 is 5.90 Å². The summed E-state index contributed by atoms with van der Waals surface area (Å²) in [5.74, 6) is 6.39. The number of rotatable bonds is 3. The van der Waals surface area contributed by atoms with E-state index in [1.807, 2.05) is 0 Å². The van der Waals surface area contributed by atoms with Crippen molar-refractivity contribution in [1.29, 1.82) is 0 Å². The standard InChI is InChI=1S/C10H21NO/c1-7(6-12-11)8-9(2,3)10(8,4)5/h7-8H,6,11H2,1-5H3. The zero-order valence-corrected chi connectivity index (χ0v) is 8.85. The van der Waals surface area contributed by atoms with Gasteiger partial charge in [0.25, 0.3) is 0 Å². The Hall–Kier alpha value is -0.0800. The predicted octanol–water partition coefficient (Wildman–Crippen LogP) is 2.20. The van der Waals surface area contributed by atoms with Gasteiger partial charge in [-0.2, -0.15) is 0 Å². The minimum atomic E-state index is 0.449. The van der Waals surface area contributed by atoms with Crippen LogP contribution in [0.4, 0.5) is 0 Å². The lowest BCUT2D eigenvalue weighted by Gasteiger charge is -2.11. The average molecular weight is 171 g/mol. The molecule has 72 valence electrons. The van der Waals surface area contributed by atoms with Gasteiger partial charge in [0.2, 0.25) is 0 Å². The molecule has 1 fully saturated rings. The Kier molecular flexibility index (Phi) is 2.26. The SMILES string of the molecule is CC(CON)C1C(C)(C)C1(C)C. The van der Waals surface area contributed by atoms with Gasteiger partial charge >= 0.3 is 0 Å². The summed E-state index contributed by atoms with van der Waals surface area (Å²) >= 11 is 0. The lowest BCUT2D eigenvalue weighted by Crippen LogP contribution is -2.14. The second kappa shape index (κ2) is 2.71. The number of hydrogen-bond donors (Lipinski definition) is 1. The van der Waals surface area contributed by atoms with Crippen LogP contribution in [0.5, 0.6) is 0 Å². The largest absolute Gasteiger partial charge is 0.304 e. The van der Waals surface area contributed by atoms with Gasteiger partial charge < -0.3 is 4.84 Å². The molecule has 1 aliphatic carbocycles. The molecule has 1 saturated carbocycles. The molecular formula is C10H21NO. The van der Waals surface area contributed by atoms with Crippen LogP contribution in [0, 0.1) is 22.7 Å². The van der Waals surface area contributed by atoms with Crippen LogP contribution in [0.3, 0.4) is 0 Å². The Labute approximate surface area is 75.4 Å². The summed E-state index contributed by atoms with van der Waals surface area (Å²) < 4.78 is 0. The van der Waals surface area contributed by atoms with Gasteiger partial charge in [-0.15, -0.1) is 0 Å². The third-order valence-electron chi connectivity index (χ3n) is 4.06. The van der Waals surface area contributed by atoms with Crippen molar-refractivity contribution in [3.63, 3.8) is 0 Å². The van der Waals surface area contributed by atoms with E-state index in [1.165, 1.54) is 0 Å². The summed E-state index contributed by atoms with van der Waals surface area (Å²) in [6, 6.07) is 0. The van der Waals surface area contributed by atoms with Crippen LogP contribution in [0.25, 0.3) is 0 Å². The predicted molar refractivity (Wildman–Crippen MR) is 50.4 cm³/mol. The smallest absolute Gasteiger partial charge is 0.0707 e. The molecule has 2 nitrogen and oxygen atoms in total. The average Bonchev–Trinajstić information content (AvgIpc) is 2.24. The van der Waals surface area contributed by atoms with Crippen LogP contribution in [0.15, 0.2) is 0 Å². The van der Waals surface area contributed by atoms with E-state index in [0.29, 0.717) is 23.4 Å². The van der Waals surface area contributed by atoms with Crippen molar-refractivity contribution < 1.29 is 4.84 Å². The maximum Gasteiger partial charge on any atom is 0.0707 e. The molecule has 0 saturated heterocycles. The first-order valence-corrected chi connectivity index (χ1v) is 4.67. The quantitative estimate of drug-likeness (QED) is 0.661. The van der Waals surface area contributed by atoms with Crippen molar-refractivity contribution in [2.75, 3.05) is 6.61 Å². The van der Waals surface area contributed by atoms with Crippen molar-refractivity contribution >= 4 is 0 Å². The van der Waals surface area contributed by atoms with Crippen molar-refractivity contribution in [3.05, 3.63) is 0 Å². The minimum Gasteiger partial charge on any atom is -0.304 e. The molecule has 0 bridgehead atoms. The van der Waals surface area contributed by atoms with Crippen LogP contribution >= 0.6 is 0 Å². The van der Waals surface area contributed by atoms with E-state index in [0.717, 1.165) is 5.92 Å². The summed E-state index contributed by atoms with van der Waals surface area (Å²) in [4.78, 5) is 4.69. The molecule has 1 rings (SSSR count). The summed E-state index contributed by atoms with van der Waals surface area (Å²) in [6.07, 6.45) is 0. The van der Waals surface area contributed by atoms with Gasteiger partial charge in [-0.25, -0.2) is 5.90 Å². The van der Waals surface area contributed by atoms with E-state index < -0.39 is 0 Å². The van der Waals surface area contributed by atoms with Gasteiger partial charge in [-0.3, -0.25) is 0 Å². The van der Waals surface area contributed by atoms with Crippen molar-refractivity contribution in [2.45, 2.75) is 34.6 Å². The second-order valence-corrected chi connectivity index (χ2v) is 5.23. The Bertz CT molecular complexity index is 161. The fraction of sp³-hybridized carbons (Fsp3) is 1.00. The first-order valence-electron chi connectivity index (χ1n) is 4.67. The second-order valence-electron chi connectivity index (χ2n) is 5.23. The molecule has 2 N–H and O–H groups in total. The molecule has 0 aliphatic heterocycles. The molecule has 1 atom stereocenters. The topological polar surface area (TPSA) is 35.2 Å². The first-order chi connectivity index (χ1) is 5.35. The Morgan fingerprint density at radius 3 is 1.92 bits per heavy atom. The molecule has 0 radical (unpaired) electrons. The molecule has 0 aromatic heterocycles. The molecule has 0 aromatic rings. The Morgan fingerprint density at radius 2 is 1.67 bits per heavy atom. The highest BCUT2D eigenvalue weighted by molar-refractivity contribution is 5.13. The summed E-state index contributed by atoms with van der Waals surface area (Å²) in [5, 5.41) is 0. The van der Waals surface area contributed by atoms with Gasteiger partial charge in [0, 0.05) is 0 Å². The maximum atomic E-state index is 5.07. The fourth-order valence-corrected chi connectivity index (χ4v) is 2.92. The van der Waals surface area contributed by atoms with Gasteiger partial charge in [-0.1, -0.05) is 34.6 Å². The monoisotopic (exact) mass is 171 g/mol. The lowest BCUT2D eigenvalue weighted by atomic mass is 10.00. The van der Waals surface area contributed by atoms with Crippen LogP contribution in [0.1, 0.15) is 34.6 Å². The first kappa shape index (κ1) is 10.0. The van der Waals surface area contributed by atoms with Crippen LogP contribution in [0.2, 0.25) is 0 Å². The van der Waals surface area contributed by atoms with E-state index in [2.05, 4.69) is 34.6 Å². The zero-order chi connectivity index (χ0) is 9.57. The van der Waals surface area contributed by atoms with Crippen LogP contribution in [-0.4, -0.2) is 6.61 Å². The molecule has 0 amide bonds. The van der Waals surface area contributed by atoms with E-state index in [-0.39, 0.29) is 0 Å². The Balaban J connectivity index is 2.58. The van der Waals surface area contributed by atoms with Gasteiger partial charge in [0.05, 0.1) is 6.61 Å². The lowest BCUT2D eigenvalue weighted by molar-refractivity contribution is 0.0926. The highest BCUT2D eigenvalue weighted by Gasteiger charge is 2.65. The van der Waals surface area contributed by atoms with Gasteiger partial charge in [0.1, 0.15) is 0 Å². The van der Waals surface area contributed by atoms with E-state index in [1.54, 1.807) is 0 Å². The molecule has 2 heteroatoms. The molecule has 0 aromatic carbocycles. The molecular weight excluding hydrogens is 150 g/mol. The molecule has 0 heterocycles. The van der Waals surface area contributed by atoms with Crippen molar-refractivity contribution in [1.82, 2.24) is 0 Å². The molecule has 12 heavy (non-hydrogen) atoms. The molecule has 1 unspecified atom stereocenters. The summed E-state index contributed by atoms with van der Waals surface area (Å²) in [7, 11) is 0. The highest BCUT2D eigenvalue weighted by atomic mass is 16.6. The van der Waals surface area contributed by atoms with Crippen molar-refractivity contribution in [2.24, 2.45) is 28.6 Å². The normalized spacial score (nSPS) is 28.5. The third kappa shape index (κ3) is 1.17. The van der Waals surface area contributed by atoms with Crippen LogP contribution in [-0.2, 0) is 4.84 Å². The number of hydrogen-bond acceptors (Lipinski definition) is 2. The number of nitrogens with two attached hydrogens (primary N) is 1. The fourth-order valence-electron chi connectivity index (χ4n) is 2.92. The minimum absolute atomic E-state index is 0.449. The molecule has 0 spiro atoms. The Morgan fingerprint density at radius 1 is 1.25 bits per heavy atom. The molecule has 1 aliphatic rings. The van der Waals surface area contributed by atoms with E-state index in [4.69, 9.17) is 10.7 Å². The van der Waals surface area contributed by atoms with E-state index in [9.17, 15) is 0 Å². The zero-order valence-electron chi connectivity index (χ0n) is 8.85.